The molecule has 0 saturated carbocycles. The molecule has 0 radical (unpaired) electrons. The van der Waals surface area contributed by atoms with Crippen molar-refractivity contribution in [3.05, 3.63) is 29.8 Å². The normalized spacial score (nSPS) is 14.4. The summed E-state index contributed by atoms with van der Waals surface area (Å²) in [5.41, 5.74) is 6.73. The second-order valence-corrected chi connectivity index (χ2v) is 8.86. The number of amides is 3. The lowest BCUT2D eigenvalue weighted by Gasteiger charge is -2.24. The van der Waals surface area contributed by atoms with E-state index in [9.17, 15) is 24.3 Å². The largest absolute Gasteiger partial charge is 0.508 e. The summed E-state index contributed by atoms with van der Waals surface area (Å²) in [4.78, 5) is 48.9. The Hall–Kier alpha value is -2.09. The molecule has 4 unspecified atom stereocenters. The van der Waals surface area contributed by atoms with E-state index in [1.807, 2.05) is 6.26 Å². The number of carbonyl (C=O) groups excluding carboxylic acids is 3. The van der Waals surface area contributed by atoms with Crippen LogP contribution >= 0.6 is 37.0 Å². The Morgan fingerprint density at radius 2 is 1.45 bits per heavy atom. The topological polar surface area (TPSA) is 171 Å². The minimum atomic E-state index is -1.25. The third-order valence-corrected chi connectivity index (χ3v) is 5.96. The summed E-state index contributed by atoms with van der Waals surface area (Å²) in [6, 6.07) is 2.05. The smallest absolute Gasteiger partial charge is 0.327 e. The van der Waals surface area contributed by atoms with Crippen LogP contribution in [-0.4, -0.2) is 81.6 Å². The van der Waals surface area contributed by atoms with Crippen molar-refractivity contribution in [1.29, 1.82) is 0 Å². The lowest BCUT2D eigenvalue weighted by molar-refractivity contribution is -0.141. The SMILES string of the molecule is CSCCC(NC(=O)C(N)Cc1ccc(O)cc1)C(=O)NC(CS)C(=O)NC(CS)C(=O)O. The summed E-state index contributed by atoms with van der Waals surface area (Å²) in [7, 11) is 0. The van der Waals surface area contributed by atoms with E-state index in [0.29, 0.717) is 12.2 Å². The van der Waals surface area contributed by atoms with Crippen LogP contribution in [-0.2, 0) is 25.6 Å². The Morgan fingerprint density at radius 1 is 0.939 bits per heavy atom. The highest BCUT2D eigenvalue weighted by Gasteiger charge is 2.29. The van der Waals surface area contributed by atoms with Gasteiger partial charge in [0.25, 0.3) is 0 Å². The first-order chi connectivity index (χ1) is 15.6. The van der Waals surface area contributed by atoms with Crippen molar-refractivity contribution < 1.29 is 29.4 Å². The van der Waals surface area contributed by atoms with Crippen LogP contribution in [0.25, 0.3) is 0 Å². The number of aliphatic carboxylic acids is 1. The molecule has 7 N–H and O–H groups in total. The lowest BCUT2D eigenvalue weighted by Crippen LogP contribution is -2.58. The second-order valence-electron chi connectivity index (χ2n) is 7.15. The van der Waals surface area contributed by atoms with Crippen LogP contribution in [0.15, 0.2) is 24.3 Å². The van der Waals surface area contributed by atoms with Crippen LogP contribution in [0.4, 0.5) is 0 Å². The highest BCUT2D eigenvalue weighted by molar-refractivity contribution is 7.98. The lowest BCUT2D eigenvalue weighted by atomic mass is 10.0. The molecule has 0 aliphatic carbocycles. The van der Waals surface area contributed by atoms with Crippen molar-refractivity contribution in [1.82, 2.24) is 16.0 Å². The maximum atomic E-state index is 12.8. The fourth-order valence-electron chi connectivity index (χ4n) is 2.69. The highest BCUT2D eigenvalue weighted by atomic mass is 32.2. The number of hydrogen-bond acceptors (Lipinski definition) is 9. The number of thioether (sulfide) groups is 1. The van der Waals surface area contributed by atoms with E-state index in [1.54, 1.807) is 12.1 Å². The van der Waals surface area contributed by atoms with E-state index in [4.69, 9.17) is 10.8 Å². The third kappa shape index (κ3) is 10.2. The maximum Gasteiger partial charge on any atom is 0.327 e. The van der Waals surface area contributed by atoms with E-state index in [2.05, 4.69) is 41.2 Å². The van der Waals surface area contributed by atoms with Crippen LogP contribution < -0.4 is 21.7 Å². The number of rotatable bonds is 14. The van der Waals surface area contributed by atoms with Crippen LogP contribution in [0.2, 0.25) is 0 Å². The monoisotopic (exact) mass is 518 g/mol. The van der Waals surface area contributed by atoms with Crippen LogP contribution in [0.1, 0.15) is 12.0 Å². The molecule has 184 valence electrons. The predicted molar refractivity (Wildman–Crippen MR) is 134 cm³/mol. The number of carboxylic acids is 1. The van der Waals surface area contributed by atoms with Crippen molar-refractivity contribution in [3.8, 4) is 5.75 Å². The summed E-state index contributed by atoms with van der Waals surface area (Å²) in [5, 5.41) is 25.8. The van der Waals surface area contributed by atoms with Gasteiger partial charge in [-0.3, -0.25) is 14.4 Å². The Balaban J connectivity index is 2.80. The molecule has 1 aromatic rings. The van der Waals surface area contributed by atoms with E-state index >= 15 is 0 Å². The van der Waals surface area contributed by atoms with E-state index in [-0.39, 0.29) is 23.7 Å². The average Bonchev–Trinajstić information content (AvgIpc) is 2.79. The van der Waals surface area contributed by atoms with Gasteiger partial charge in [-0.15, -0.1) is 0 Å². The molecular formula is C20H30N4O6S3. The molecule has 1 aromatic carbocycles. The summed E-state index contributed by atoms with van der Waals surface area (Å²) >= 11 is 9.43. The molecular weight excluding hydrogens is 488 g/mol. The zero-order chi connectivity index (χ0) is 25.0. The number of nitrogens with one attached hydrogen (secondary N) is 3. The van der Waals surface area contributed by atoms with Gasteiger partial charge >= 0.3 is 5.97 Å². The molecule has 13 heteroatoms. The van der Waals surface area contributed by atoms with E-state index in [1.165, 1.54) is 23.9 Å². The molecule has 0 fully saturated rings. The first-order valence-corrected chi connectivity index (χ1v) is 12.7. The molecule has 0 heterocycles. The Bertz CT molecular complexity index is 811. The zero-order valence-corrected chi connectivity index (χ0v) is 20.7. The van der Waals surface area contributed by atoms with Crippen LogP contribution in [0.5, 0.6) is 5.75 Å². The van der Waals surface area contributed by atoms with Gasteiger partial charge in [0.15, 0.2) is 0 Å². The zero-order valence-electron chi connectivity index (χ0n) is 18.1. The van der Waals surface area contributed by atoms with E-state index < -0.39 is 47.9 Å². The molecule has 0 aliphatic rings. The summed E-state index contributed by atoms with van der Waals surface area (Å²) in [5.74, 6) is -2.69. The predicted octanol–water partition coefficient (Wildman–Crippen LogP) is -0.586. The second kappa shape index (κ2) is 14.9. The van der Waals surface area contributed by atoms with Gasteiger partial charge < -0.3 is 31.9 Å². The molecule has 0 aromatic heterocycles. The Labute approximate surface area is 207 Å². The quantitative estimate of drug-likeness (QED) is 0.151. The van der Waals surface area contributed by atoms with Gasteiger partial charge in [-0.05, 0) is 42.5 Å². The molecule has 0 bridgehead atoms. The van der Waals surface area contributed by atoms with Gasteiger partial charge in [-0.2, -0.15) is 37.0 Å². The third-order valence-electron chi connectivity index (χ3n) is 4.59. The minimum absolute atomic E-state index is 0.0833. The molecule has 0 saturated heterocycles. The fourth-order valence-corrected chi connectivity index (χ4v) is 3.66. The number of phenols is 1. The van der Waals surface area contributed by atoms with Gasteiger partial charge in [0.1, 0.15) is 23.9 Å². The summed E-state index contributed by atoms with van der Waals surface area (Å²) < 4.78 is 0. The number of hydrogen-bond donors (Lipinski definition) is 8. The number of aromatic hydroxyl groups is 1. The van der Waals surface area contributed by atoms with Crippen molar-refractivity contribution in [3.63, 3.8) is 0 Å². The number of carbonyl (C=O) groups is 4. The van der Waals surface area contributed by atoms with Gasteiger partial charge in [0, 0.05) is 11.5 Å². The average molecular weight is 519 g/mol. The maximum absolute atomic E-state index is 12.8. The Morgan fingerprint density at radius 3 is 1.97 bits per heavy atom. The molecule has 4 atom stereocenters. The molecule has 3 amide bonds. The minimum Gasteiger partial charge on any atom is -0.508 e. The number of carboxylic acid groups (broad SMARTS) is 1. The van der Waals surface area contributed by atoms with Crippen molar-refractivity contribution in [2.75, 3.05) is 23.5 Å². The van der Waals surface area contributed by atoms with Gasteiger partial charge in [-0.25, -0.2) is 4.79 Å². The Kier molecular flexibility index (Phi) is 13.1. The van der Waals surface area contributed by atoms with Crippen LogP contribution in [0.3, 0.4) is 0 Å². The van der Waals surface area contributed by atoms with Crippen molar-refractivity contribution in [2.45, 2.75) is 37.0 Å². The first kappa shape index (κ1) is 28.9. The molecule has 1 rings (SSSR count). The van der Waals surface area contributed by atoms with Gasteiger partial charge in [0.05, 0.1) is 6.04 Å². The fraction of sp³-hybridized carbons (Fsp3) is 0.500. The van der Waals surface area contributed by atoms with Crippen molar-refractivity contribution >= 4 is 60.7 Å². The number of nitrogens with two attached hydrogens (primary N) is 1. The first-order valence-electron chi connectivity index (χ1n) is 10.0. The molecule has 0 spiro atoms. The summed E-state index contributed by atoms with van der Waals surface area (Å²) in [6.45, 7) is 0. The molecule has 10 nitrogen and oxygen atoms in total. The molecule has 0 aliphatic heterocycles. The molecule has 33 heavy (non-hydrogen) atoms. The van der Waals surface area contributed by atoms with Crippen LogP contribution in [0, 0.1) is 0 Å². The standard InChI is InChI=1S/C20H30N4O6S3/c1-33-7-6-14(22-17(26)13(21)8-11-2-4-12(25)5-3-11)18(27)23-15(9-31)19(28)24-16(10-32)20(29)30/h2-5,13-16,25,31-32H,6-10,21H2,1H3,(H,22,26)(H,23,27)(H,24,28)(H,29,30). The van der Waals surface area contributed by atoms with E-state index in [0.717, 1.165) is 5.56 Å². The van der Waals surface area contributed by atoms with Crippen molar-refractivity contribution in [2.24, 2.45) is 5.73 Å². The van der Waals surface area contributed by atoms with Gasteiger partial charge in [0.2, 0.25) is 17.7 Å². The number of thiol groups is 2. The number of benzene rings is 1. The van der Waals surface area contributed by atoms with Gasteiger partial charge in [-0.1, -0.05) is 12.1 Å². The summed E-state index contributed by atoms with van der Waals surface area (Å²) in [6.07, 6.45) is 2.34. The highest BCUT2D eigenvalue weighted by Crippen LogP contribution is 2.11. The number of phenolic OH excluding ortho intramolecular Hbond substituents is 1.